The predicted octanol–water partition coefficient (Wildman–Crippen LogP) is 3.67. The second kappa shape index (κ2) is 11.6. The zero-order chi connectivity index (χ0) is 31.2. The van der Waals surface area contributed by atoms with Crippen LogP contribution in [0.2, 0.25) is 0 Å². The Balaban J connectivity index is 1.25. The van der Waals surface area contributed by atoms with Gasteiger partial charge in [-0.2, -0.15) is 0 Å². The molecule has 11 nitrogen and oxygen atoms in total. The van der Waals surface area contributed by atoms with Crippen LogP contribution in [-0.4, -0.2) is 48.1 Å². The molecule has 4 aromatic rings. The number of aromatic amines is 1. The van der Waals surface area contributed by atoms with E-state index in [2.05, 4.69) is 36.2 Å². The number of halogens is 1. The molecule has 0 bridgehead atoms. The third-order valence-corrected chi connectivity index (χ3v) is 8.86. The lowest BCUT2D eigenvalue weighted by Gasteiger charge is -2.34. The number of carbonyl (C=O) groups excluding carboxylic acids is 1. The maximum absolute atomic E-state index is 14.6. The largest absolute Gasteiger partial charge is 0.341 e. The molecule has 232 valence electrons. The van der Waals surface area contributed by atoms with Gasteiger partial charge in [0.1, 0.15) is 11.6 Å². The molecule has 13 heteroatoms. The van der Waals surface area contributed by atoms with Crippen LogP contribution in [-0.2, 0) is 21.4 Å². The van der Waals surface area contributed by atoms with E-state index in [0.29, 0.717) is 22.3 Å². The fraction of sp³-hybridized carbons (Fsp3) is 0.387. The molecule has 2 aliphatic rings. The normalized spacial score (nSPS) is 22.2. The average Bonchev–Trinajstić information content (AvgIpc) is 3.59. The monoisotopic (exact) mass is 620 g/mol. The molecule has 6 rings (SSSR count). The molecule has 1 amide bonds. The molecule has 6 N–H and O–H groups in total. The number of hydrazine groups is 1. The number of sulfonamides is 1. The maximum Gasteiger partial charge on any atom is 0.229 e. The Morgan fingerprint density at radius 1 is 1.11 bits per heavy atom. The first-order chi connectivity index (χ1) is 20.8. The minimum Gasteiger partial charge on any atom is -0.341 e. The van der Waals surface area contributed by atoms with E-state index in [1.807, 2.05) is 51.2 Å². The van der Waals surface area contributed by atoms with E-state index in [4.69, 9.17) is 4.98 Å². The van der Waals surface area contributed by atoms with Gasteiger partial charge in [-0.1, -0.05) is 32.9 Å². The van der Waals surface area contributed by atoms with E-state index in [0.717, 1.165) is 41.7 Å². The van der Waals surface area contributed by atoms with Crippen molar-refractivity contribution in [1.82, 2.24) is 35.8 Å². The number of nitrogens with zero attached hydrogens (tertiary/aromatic N) is 2. The van der Waals surface area contributed by atoms with Crippen LogP contribution < -0.4 is 26.2 Å². The van der Waals surface area contributed by atoms with E-state index in [-0.39, 0.29) is 36.5 Å². The minimum atomic E-state index is -3.42. The summed E-state index contributed by atoms with van der Waals surface area (Å²) < 4.78 is 40.2. The third-order valence-electron chi connectivity index (χ3n) is 8.19. The topological polar surface area (TPSA) is 153 Å². The van der Waals surface area contributed by atoms with Crippen molar-refractivity contribution in [2.24, 2.45) is 11.3 Å². The highest BCUT2D eigenvalue weighted by molar-refractivity contribution is 7.88. The molecule has 44 heavy (non-hydrogen) atoms. The quantitative estimate of drug-likeness (QED) is 0.183. The van der Waals surface area contributed by atoms with Crippen LogP contribution in [0.15, 0.2) is 54.9 Å². The number of carbonyl (C=O) groups is 1. The molecule has 4 unspecified atom stereocenters. The molecule has 2 aliphatic heterocycles. The molecule has 4 heterocycles. The number of nitrogens with one attached hydrogen (secondary N) is 6. The van der Waals surface area contributed by atoms with Crippen molar-refractivity contribution < 1.29 is 17.6 Å². The van der Waals surface area contributed by atoms with Crippen molar-refractivity contribution in [3.05, 3.63) is 77.6 Å². The molecule has 0 radical (unpaired) electrons. The summed E-state index contributed by atoms with van der Waals surface area (Å²) in [6, 6.07) is 12.3. The van der Waals surface area contributed by atoms with Gasteiger partial charge in [0.25, 0.3) is 0 Å². The fourth-order valence-electron chi connectivity index (χ4n) is 5.88. The summed E-state index contributed by atoms with van der Waals surface area (Å²) in [5, 5.41) is 6.59. The summed E-state index contributed by atoms with van der Waals surface area (Å²) in [6.07, 6.45) is 5.37. The molecule has 2 fully saturated rings. The molecule has 2 aromatic carbocycles. The Hall–Kier alpha value is -3.75. The van der Waals surface area contributed by atoms with Gasteiger partial charge in [0.2, 0.25) is 15.9 Å². The number of aromatic nitrogens is 3. The highest BCUT2D eigenvalue weighted by Crippen LogP contribution is 2.39. The van der Waals surface area contributed by atoms with Crippen LogP contribution in [0.5, 0.6) is 0 Å². The molecule has 0 aliphatic carbocycles. The summed E-state index contributed by atoms with van der Waals surface area (Å²) in [4.78, 5) is 25.4. The summed E-state index contributed by atoms with van der Waals surface area (Å²) in [5.74, 6) is 0.442. The number of fused-ring (bicyclic) bond motifs is 2. The predicted molar refractivity (Wildman–Crippen MR) is 167 cm³/mol. The summed E-state index contributed by atoms with van der Waals surface area (Å²) >= 11 is 0. The van der Waals surface area contributed by atoms with Crippen LogP contribution in [0.4, 0.5) is 10.1 Å². The lowest BCUT2D eigenvalue weighted by Crippen LogP contribution is -2.46. The number of hydrogen-bond donors (Lipinski definition) is 6. The van der Waals surface area contributed by atoms with Gasteiger partial charge < -0.3 is 15.6 Å². The Labute approximate surface area is 255 Å². The second-order valence-corrected chi connectivity index (χ2v) is 14.5. The first kappa shape index (κ1) is 30.3. The number of H-pyrrole nitrogens is 1. The van der Waals surface area contributed by atoms with Gasteiger partial charge in [-0.3, -0.25) is 15.2 Å². The van der Waals surface area contributed by atoms with Crippen molar-refractivity contribution in [3.63, 3.8) is 0 Å². The Kier molecular flexibility index (Phi) is 8.01. The van der Waals surface area contributed by atoms with Crippen LogP contribution in [0.25, 0.3) is 22.2 Å². The number of benzene rings is 2. The summed E-state index contributed by atoms with van der Waals surface area (Å²) in [5.41, 5.74) is 11.4. The zero-order valence-corrected chi connectivity index (χ0v) is 25.8. The highest BCUT2D eigenvalue weighted by Gasteiger charge is 2.42. The van der Waals surface area contributed by atoms with Crippen molar-refractivity contribution in [2.75, 3.05) is 18.1 Å². The molecule has 0 spiro atoms. The van der Waals surface area contributed by atoms with Gasteiger partial charge in [-0.25, -0.2) is 27.9 Å². The summed E-state index contributed by atoms with van der Waals surface area (Å²) in [7, 11) is -3.42. The number of amides is 1. The molecule has 2 aromatic heterocycles. The number of anilines is 1. The van der Waals surface area contributed by atoms with Crippen LogP contribution in [0, 0.1) is 17.2 Å². The number of pyridine rings is 1. The van der Waals surface area contributed by atoms with E-state index in [1.165, 1.54) is 12.1 Å². The first-order valence-electron chi connectivity index (χ1n) is 14.6. The number of rotatable bonds is 7. The van der Waals surface area contributed by atoms with Crippen LogP contribution in [0.1, 0.15) is 56.2 Å². The van der Waals surface area contributed by atoms with Gasteiger partial charge in [0, 0.05) is 48.3 Å². The fourth-order valence-corrected chi connectivity index (χ4v) is 6.31. The third kappa shape index (κ3) is 6.52. The van der Waals surface area contributed by atoms with Crippen molar-refractivity contribution in [1.29, 1.82) is 0 Å². The molecule has 4 atom stereocenters. The number of hydrogen-bond acceptors (Lipinski definition) is 8. The van der Waals surface area contributed by atoms with Gasteiger partial charge in [0.05, 0.1) is 35.2 Å². The van der Waals surface area contributed by atoms with Crippen molar-refractivity contribution in [2.45, 2.75) is 51.9 Å². The van der Waals surface area contributed by atoms with Gasteiger partial charge in [-0.05, 0) is 53.4 Å². The zero-order valence-electron chi connectivity index (χ0n) is 25.0. The number of piperidine rings is 1. The van der Waals surface area contributed by atoms with E-state index in [1.54, 1.807) is 12.3 Å². The molecular weight excluding hydrogens is 583 g/mol. The maximum atomic E-state index is 14.6. The van der Waals surface area contributed by atoms with Gasteiger partial charge >= 0.3 is 0 Å². The van der Waals surface area contributed by atoms with Crippen LogP contribution >= 0.6 is 0 Å². The Bertz CT molecular complexity index is 1820. The summed E-state index contributed by atoms with van der Waals surface area (Å²) in [6.45, 7) is 6.34. The minimum absolute atomic E-state index is 0.0112. The molecule has 0 saturated carbocycles. The van der Waals surface area contributed by atoms with E-state index < -0.39 is 21.3 Å². The van der Waals surface area contributed by atoms with E-state index >= 15 is 0 Å². The average molecular weight is 621 g/mol. The van der Waals surface area contributed by atoms with Gasteiger partial charge in [-0.15, -0.1) is 0 Å². The second-order valence-electron chi connectivity index (χ2n) is 12.7. The van der Waals surface area contributed by atoms with Gasteiger partial charge in [0.15, 0.2) is 0 Å². The SMILES string of the molecule is CC(C)(C)C(=O)Nc1cncc(C2CC3C(CN2)NNC3c2nc3c(-c4cc(F)cc(CNS(C)(=O)=O)c4)cccc3[nH]2)c1. The number of imidazole rings is 1. The van der Waals surface area contributed by atoms with Crippen molar-refractivity contribution >= 4 is 32.7 Å². The highest BCUT2D eigenvalue weighted by atomic mass is 32.2. The molecular formula is C31H37FN8O3S. The lowest BCUT2D eigenvalue weighted by molar-refractivity contribution is -0.123. The molecule has 2 saturated heterocycles. The van der Waals surface area contributed by atoms with E-state index in [9.17, 15) is 17.6 Å². The Morgan fingerprint density at radius 2 is 1.93 bits per heavy atom. The first-order valence-corrected chi connectivity index (χ1v) is 16.5. The van der Waals surface area contributed by atoms with Crippen molar-refractivity contribution in [3.8, 4) is 11.1 Å². The van der Waals surface area contributed by atoms with Crippen LogP contribution in [0.3, 0.4) is 0 Å². The lowest BCUT2D eigenvalue weighted by atomic mass is 9.82. The standard InChI is InChI=1S/C31H37FN8O3S/c1-31(2,3)30(41)36-21-11-19(14-33-15-21)25-12-23-26(16-34-25)39-40-28(23)29-37-24-7-5-6-22(27(24)38-29)18-8-17(9-20(32)10-18)13-35-44(4,42)43/h5-11,14-15,23,25-26,28,34-35,39-40H,12-13,16H2,1-4H3,(H,36,41)(H,37,38). The number of para-hydroxylation sites is 1. The Morgan fingerprint density at radius 3 is 2.70 bits per heavy atom. The smallest absolute Gasteiger partial charge is 0.229 e.